The maximum absolute atomic E-state index is 9.09. The minimum atomic E-state index is -0.181. The molecule has 64 valence electrons. The van der Waals surface area contributed by atoms with Crippen LogP contribution in [-0.2, 0) is 0 Å². The Hall–Kier alpha value is -1.16. The first-order valence-electron chi connectivity index (χ1n) is 3.97. The van der Waals surface area contributed by atoms with Gasteiger partial charge in [-0.1, -0.05) is 0 Å². The lowest BCUT2D eigenvalue weighted by Gasteiger charge is -2.37. The molecule has 0 aliphatic carbocycles. The lowest BCUT2D eigenvalue weighted by molar-refractivity contribution is 0.141. The highest BCUT2D eigenvalue weighted by Crippen LogP contribution is 2.20. The third-order valence-electron chi connectivity index (χ3n) is 2.03. The molecule has 0 atom stereocenters. The van der Waals surface area contributed by atoms with Gasteiger partial charge in [-0.25, -0.2) is 9.97 Å². The third-order valence-corrected chi connectivity index (χ3v) is 2.03. The minimum Gasteiger partial charge on any atom is -0.389 e. The molecule has 1 aromatic rings. The van der Waals surface area contributed by atoms with Crippen LogP contribution >= 0.6 is 0 Å². The zero-order chi connectivity index (χ0) is 8.55. The van der Waals surface area contributed by atoms with Crippen molar-refractivity contribution in [1.82, 2.24) is 9.97 Å². The molecule has 0 spiro atoms. The third kappa shape index (κ3) is 1.14. The Morgan fingerprint density at radius 1 is 1.58 bits per heavy atom. The lowest BCUT2D eigenvalue weighted by atomic mass is 10.1. The molecule has 1 aliphatic rings. The molecule has 0 radical (unpaired) electrons. The largest absolute Gasteiger partial charge is 0.389 e. The summed E-state index contributed by atoms with van der Waals surface area (Å²) >= 11 is 0. The van der Waals surface area contributed by atoms with Crippen LogP contribution in [0.5, 0.6) is 0 Å². The smallest absolute Gasteiger partial charge is 0.135 e. The molecule has 12 heavy (non-hydrogen) atoms. The van der Waals surface area contributed by atoms with Gasteiger partial charge in [0.15, 0.2) is 0 Å². The van der Waals surface area contributed by atoms with Crippen molar-refractivity contribution in [3.63, 3.8) is 0 Å². The molecular weight excluding hydrogens is 154 g/mol. The number of hydrogen-bond acceptors (Lipinski definition) is 4. The molecule has 1 N–H and O–H groups in total. The number of β-amino-alcohol motifs (C(OH)–C–C–N with tert-alkyl or cyclic N) is 1. The number of hydrogen-bond donors (Lipinski definition) is 1. The molecule has 1 saturated heterocycles. The van der Waals surface area contributed by atoms with Crippen molar-refractivity contribution < 1.29 is 5.11 Å². The molecule has 2 heterocycles. The Kier molecular flexibility index (Phi) is 1.69. The summed E-state index contributed by atoms with van der Waals surface area (Å²) in [5.74, 6) is 0.940. The molecule has 0 amide bonds. The maximum Gasteiger partial charge on any atom is 0.135 e. The Balaban J connectivity index is 2.18. The second-order valence-corrected chi connectivity index (χ2v) is 3.09. The zero-order valence-corrected chi connectivity index (χ0v) is 6.94. The van der Waals surface area contributed by atoms with Crippen LogP contribution in [0.4, 0.5) is 5.82 Å². The van der Waals surface area contributed by atoms with Gasteiger partial charge in [0.05, 0.1) is 6.10 Å². The van der Waals surface area contributed by atoms with Gasteiger partial charge in [-0.15, -0.1) is 0 Å². The van der Waals surface area contributed by atoms with Gasteiger partial charge in [-0.3, -0.25) is 0 Å². The molecule has 0 saturated carbocycles. The first kappa shape index (κ1) is 7.49. The summed E-state index contributed by atoms with van der Waals surface area (Å²) in [6.45, 7) is 3.36. The minimum absolute atomic E-state index is 0.181. The van der Waals surface area contributed by atoms with E-state index in [0.717, 1.165) is 11.4 Å². The number of rotatable bonds is 1. The fraction of sp³-hybridized carbons (Fsp3) is 0.500. The van der Waals surface area contributed by atoms with E-state index in [2.05, 4.69) is 9.97 Å². The van der Waals surface area contributed by atoms with Crippen molar-refractivity contribution in [2.75, 3.05) is 18.0 Å². The van der Waals surface area contributed by atoms with Crippen molar-refractivity contribution in [3.05, 3.63) is 18.1 Å². The quantitative estimate of drug-likeness (QED) is 0.634. The van der Waals surface area contributed by atoms with Gasteiger partial charge >= 0.3 is 0 Å². The Bertz CT molecular complexity index is 283. The van der Waals surface area contributed by atoms with E-state index in [0.29, 0.717) is 13.1 Å². The van der Waals surface area contributed by atoms with Crippen LogP contribution in [0.2, 0.25) is 0 Å². The van der Waals surface area contributed by atoms with E-state index in [1.165, 1.54) is 6.33 Å². The van der Waals surface area contributed by atoms with E-state index in [4.69, 9.17) is 5.11 Å². The van der Waals surface area contributed by atoms with Crippen LogP contribution in [-0.4, -0.2) is 34.3 Å². The fourth-order valence-electron chi connectivity index (χ4n) is 1.35. The second kappa shape index (κ2) is 2.71. The number of nitrogens with zero attached hydrogens (tertiary/aromatic N) is 3. The maximum atomic E-state index is 9.09. The van der Waals surface area contributed by atoms with Crippen LogP contribution < -0.4 is 4.90 Å². The molecule has 0 aromatic carbocycles. The molecule has 1 aliphatic heterocycles. The molecular formula is C8H11N3O. The summed E-state index contributed by atoms with van der Waals surface area (Å²) in [5.41, 5.74) is 1.06. The molecule has 1 fully saturated rings. The highest BCUT2D eigenvalue weighted by Gasteiger charge is 2.26. The number of aliphatic hydroxyl groups excluding tert-OH is 1. The van der Waals surface area contributed by atoms with E-state index in [9.17, 15) is 0 Å². The van der Waals surface area contributed by atoms with Crippen molar-refractivity contribution in [3.8, 4) is 0 Å². The number of aromatic nitrogens is 2. The number of aliphatic hydroxyl groups is 1. The predicted molar refractivity (Wildman–Crippen MR) is 45.0 cm³/mol. The van der Waals surface area contributed by atoms with Gasteiger partial charge in [0.1, 0.15) is 12.1 Å². The van der Waals surface area contributed by atoms with Gasteiger partial charge < -0.3 is 10.0 Å². The summed E-state index contributed by atoms with van der Waals surface area (Å²) in [4.78, 5) is 10.1. The molecule has 0 unspecified atom stereocenters. The van der Waals surface area contributed by atoms with Crippen molar-refractivity contribution in [2.24, 2.45) is 0 Å². The van der Waals surface area contributed by atoms with E-state index < -0.39 is 0 Å². The Morgan fingerprint density at radius 3 is 2.92 bits per heavy atom. The number of anilines is 1. The first-order chi connectivity index (χ1) is 5.77. The van der Waals surface area contributed by atoms with Gasteiger partial charge in [0, 0.05) is 24.8 Å². The van der Waals surface area contributed by atoms with Gasteiger partial charge in [0.25, 0.3) is 0 Å². The van der Waals surface area contributed by atoms with Crippen molar-refractivity contribution >= 4 is 5.82 Å². The topological polar surface area (TPSA) is 49.2 Å². The van der Waals surface area contributed by atoms with E-state index >= 15 is 0 Å². The van der Waals surface area contributed by atoms with E-state index in [1.54, 1.807) is 6.20 Å². The van der Waals surface area contributed by atoms with Crippen LogP contribution in [0.25, 0.3) is 0 Å². The summed E-state index contributed by atoms with van der Waals surface area (Å²) in [6, 6.07) is 0. The van der Waals surface area contributed by atoms with Crippen LogP contribution in [0.15, 0.2) is 12.5 Å². The highest BCUT2D eigenvalue weighted by atomic mass is 16.3. The molecule has 1 aromatic heterocycles. The SMILES string of the molecule is Cc1cncnc1N1CC(O)C1. The zero-order valence-electron chi connectivity index (χ0n) is 6.94. The Labute approximate surface area is 70.9 Å². The Morgan fingerprint density at radius 2 is 2.33 bits per heavy atom. The van der Waals surface area contributed by atoms with Gasteiger partial charge in [-0.2, -0.15) is 0 Å². The summed E-state index contributed by atoms with van der Waals surface area (Å²) in [7, 11) is 0. The van der Waals surface area contributed by atoms with Crippen LogP contribution in [0.1, 0.15) is 5.56 Å². The first-order valence-corrected chi connectivity index (χ1v) is 3.97. The predicted octanol–water partition coefficient (Wildman–Crippen LogP) is -0.0341. The summed E-state index contributed by atoms with van der Waals surface area (Å²) in [5, 5.41) is 9.09. The fourth-order valence-corrected chi connectivity index (χ4v) is 1.35. The van der Waals surface area contributed by atoms with Gasteiger partial charge in [-0.05, 0) is 6.92 Å². The monoisotopic (exact) mass is 165 g/mol. The van der Waals surface area contributed by atoms with E-state index in [1.807, 2.05) is 11.8 Å². The van der Waals surface area contributed by atoms with Crippen molar-refractivity contribution in [1.29, 1.82) is 0 Å². The van der Waals surface area contributed by atoms with Crippen molar-refractivity contribution in [2.45, 2.75) is 13.0 Å². The standard InChI is InChI=1S/C8H11N3O/c1-6-2-9-5-10-8(6)11-3-7(12)4-11/h2,5,7,12H,3-4H2,1H3. The van der Waals surface area contributed by atoms with Crippen LogP contribution in [0, 0.1) is 6.92 Å². The highest BCUT2D eigenvalue weighted by molar-refractivity contribution is 5.47. The van der Waals surface area contributed by atoms with Gasteiger partial charge in [0.2, 0.25) is 0 Å². The molecule has 4 heteroatoms. The number of aryl methyl sites for hydroxylation is 1. The molecule has 2 rings (SSSR count). The second-order valence-electron chi connectivity index (χ2n) is 3.09. The lowest BCUT2D eigenvalue weighted by Crippen LogP contribution is -2.51. The van der Waals surface area contributed by atoms with Crippen LogP contribution in [0.3, 0.4) is 0 Å². The van der Waals surface area contributed by atoms with E-state index in [-0.39, 0.29) is 6.10 Å². The summed E-state index contributed by atoms with van der Waals surface area (Å²) < 4.78 is 0. The molecule has 0 bridgehead atoms. The molecule has 4 nitrogen and oxygen atoms in total. The summed E-state index contributed by atoms with van der Waals surface area (Å²) in [6.07, 6.45) is 3.14. The average molecular weight is 165 g/mol. The normalized spacial score (nSPS) is 17.7. The average Bonchev–Trinajstić information content (AvgIpc) is 2.01.